The Labute approximate surface area is 207 Å². The number of carboxylic acids is 1. The fraction of sp³-hybridized carbons (Fsp3) is 0.292. The van der Waals surface area contributed by atoms with Crippen LogP contribution in [0.4, 0.5) is 0 Å². The van der Waals surface area contributed by atoms with Crippen molar-refractivity contribution in [3.63, 3.8) is 0 Å². The van der Waals surface area contributed by atoms with E-state index in [4.69, 9.17) is 23.7 Å². The van der Waals surface area contributed by atoms with Gasteiger partial charge in [-0.3, -0.25) is 14.4 Å². The SMILES string of the molecule is O=C(O)CC(=O)OC[C@H]1O[C@@H](Oc2cc(O)c3c(=O)cc(-c4ccc(O)cc4)oc3c2)C(O)[C@@H](O)C1O. The van der Waals surface area contributed by atoms with E-state index in [2.05, 4.69) is 0 Å². The van der Waals surface area contributed by atoms with Gasteiger partial charge >= 0.3 is 11.9 Å². The number of aromatic hydroxyl groups is 2. The molecule has 37 heavy (non-hydrogen) atoms. The zero-order valence-corrected chi connectivity index (χ0v) is 18.9. The zero-order chi connectivity index (χ0) is 26.9. The number of aliphatic carboxylic acids is 1. The Morgan fingerprint density at radius 1 is 0.946 bits per heavy atom. The second-order valence-electron chi connectivity index (χ2n) is 8.22. The maximum atomic E-state index is 12.6. The molecule has 6 N–H and O–H groups in total. The van der Waals surface area contributed by atoms with E-state index >= 15 is 0 Å². The van der Waals surface area contributed by atoms with E-state index in [1.54, 1.807) is 0 Å². The monoisotopic (exact) mass is 518 g/mol. The van der Waals surface area contributed by atoms with E-state index in [-0.39, 0.29) is 28.2 Å². The molecule has 13 heteroatoms. The molecule has 1 aromatic heterocycles. The number of rotatable bonds is 7. The maximum absolute atomic E-state index is 12.6. The van der Waals surface area contributed by atoms with Gasteiger partial charge in [0.05, 0.1) is 0 Å². The molecule has 1 saturated heterocycles. The summed E-state index contributed by atoms with van der Waals surface area (Å²) < 4.78 is 21.4. The third-order valence-electron chi connectivity index (χ3n) is 5.56. The first-order chi connectivity index (χ1) is 17.5. The van der Waals surface area contributed by atoms with Gasteiger partial charge in [0, 0.05) is 23.8 Å². The minimum absolute atomic E-state index is 0.00789. The predicted octanol–water partition coefficient (Wildman–Crippen LogP) is 0.0755. The van der Waals surface area contributed by atoms with E-state index in [9.17, 15) is 39.9 Å². The van der Waals surface area contributed by atoms with Crippen LogP contribution in [0.5, 0.6) is 17.2 Å². The Morgan fingerprint density at radius 2 is 1.65 bits per heavy atom. The molecule has 0 bridgehead atoms. The highest BCUT2D eigenvalue weighted by molar-refractivity contribution is 5.90. The average molecular weight is 518 g/mol. The molecule has 2 heterocycles. The van der Waals surface area contributed by atoms with Gasteiger partial charge in [0.15, 0.2) is 5.43 Å². The van der Waals surface area contributed by atoms with Crippen LogP contribution < -0.4 is 10.2 Å². The lowest BCUT2D eigenvalue weighted by atomic mass is 9.99. The van der Waals surface area contributed by atoms with Crippen molar-refractivity contribution in [3.05, 3.63) is 52.7 Å². The van der Waals surface area contributed by atoms with Gasteiger partial charge in [0.1, 0.15) is 71.4 Å². The quantitative estimate of drug-likeness (QED) is 0.181. The van der Waals surface area contributed by atoms with Crippen molar-refractivity contribution in [1.29, 1.82) is 0 Å². The van der Waals surface area contributed by atoms with Crippen molar-refractivity contribution in [1.82, 2.24) is 0 Å². The molecule has 1 aliphatic rings. The molecular weight excluding hydrogens is 496 g/mol. The third kappa shape index (κ3) is 5.65. The summed E-state index contributed by atoms with van der Waals surface area (Å²) in [5, 5.41) is 59.0. The minimum atomic E-state index is -1.80. The number of hydrogen-bond donors (Lipinski definition) is 6. The van der Waals surface area contributed by atoms with Gasteiger partial charge in [-0.1, -0.05) is 0 Å². The number of carbonyl (C=O) groups is 2. The topological polar surface area (TPSA) is 213 Å². The van der Waals surface area contributed by atoms with Crippen LogP contribution in [-0.2, 0) is 19.1 Å². The molecule has 0 radical (unpaired) electrons. The number of ether oxygens (including phenoxy) is 3. The zero-order valence-electron chi connectivity index (χ0n) is 18.9. The van der Waals surface area contributed by atoms with E-state index < -0.39 is 66.9 Å². The Bertz CT molecular complexity index is 1360. The fourth-order valence-corrected chi connectivity index (χ4v) is 3.71. The summed E-state index contributed by atoms with van der Waals surface area (Å²) >= 11 is 0. The van der Waals surface area contributed by atoms with E-state index in [1.165, 1.54) is 30.3 Å². The number of benzene rings is 2. The number of carboxylic acid groups (broad SMARTS) is 1. The van der Waals surface area contributed by atoms with Gasteiger partial charge in [-0.25, -0.2) is 0 Å². The maximum Gasteiger partial charge on any atom is 0.317 e. The second-order valence-corrected chi connectivity index (χ2v) is 8.22. The van der Waals surface area contributed by atoms with Gasteiger partial charge in [-0.15, -0.1) is 0 Å². The molecule has 0 saturated carbocycles. The number of hydrogen-bond acceptors (Lipinski definition) is 12. The van der Waals surface area contributed by atoms with E-state index in [0.717, 1.165) is 12.1 Å². The number of esters is 1. The number of fused-ring (bicyclic) bond motifs is 1. The summed E-state index contributed by atoms with van der Waals surface area (Å²) in [7, 11) is 0. The summed E-state index contributed by atoms with van der Waals surface area (Å²) in [5.74, 6) is -3.06. The van der Waals surface area contributed by atoms with Crippen LogP contribution in [0, 0.1) is 0 Å². The summed E-state index contributed by atoms with van der Waals surface area (Å²) in [6, 6.07) is 9.27. The lowest BCUT2D eigenvalue weighted by Gasteiger charge is -2.39. The highest BCUT2D eigenvalue weighted by atomic mass is 16.7. The fourth-order valence-electron chi connectivity index (χ4n) is 3.71. The first kappa shape index (κ1) is 25.9. The normalized spacial score (nSPS) is 23.5. The molecule has 2 aromatic carbocycles. The summed E-state index contributed by atoms with van der Waals surface area (Å²) in [5.41, 5.74) is -0.189. The number of aliphatic hydroxyl groups is 3. The molecule has 1 fully saturated rings. The Balaban J connectivity index is 1.58. The van der Waals surface area contributed by atoms with Gasteiger partial charge in [-0.05, 0) is 24.3 Å². The number of phenolic OH excluding ortho intramolecular Hbond substituents is 2. The molecule has 5 atom stereocenters. The van der Waals surface area contributed by atoms with Crippen LogP contribution >= 0.6 is 0 Å². The molecule has 0 spiro atoms. The van der Waals surface area contributed by atoms with Gasteiger partial charge in [-0.2, -0.15) is 0 Å². The molecule has 2 unspecified atom stereocenters. The highest BCUT2D eigenvalue weighted by Gasteiger charge is 2.45. The van der Waals surface area contributed by atoms with Crippen molar-refractivity contribution in [3.8, 4) is 28.6 Å². The van der Waals surface area contributed by atoms with Crippen LogP contribution in [0.25, 0.3) is 22.3 Å². The molecular formula is C24H22O13. The highest BCUT2D eigenvalue weighted by Crippen LogP contribution is 2.33. The van der Waals surface area contributed by atoms with Crippen LogP contribution in [-0.4, -0.2) is 79.9 Å². The lowest BCUT2D eigenvalue weighted by Crippen LogP contribution is -2.60. The number of carbonyl (C=O) groups excluding carboxylic acids is 1. The van der Waals surface area contributed by atoms with Crippen molar-refractivity contribution in [2.75, 3.05) is 6.61 Å². The first-order valence-electron chi connectivity index (χ1n) is 10.9. The Kier molecular flexibility index (Phi) is 7.31. The van der Waals surface area contributed by atoms with Crippen molar-refractivity contribution >= 4 is 22.9 Å². The Hall–Kier alpha value is -4.17. The van der Waals surface area contributed by atoms with E-state index in [1.807, 2.05) is 0 Å². The smallest absolute Gasteiger partial charge is 0.317 e. The predicted molar refractivity (Wildman–Crippen MR) is 122 cm³/mol. The summed E-state index contributed by atoms with van der Waals surface area (Å²) in [6.45, 7) is -0.648. The molecule has 13 nitrogen and oxygen atoms in total. The van der Waals surface area contributed by atoms with Gasteiger partial charge in [0.25, 0.3) is 0 Å². The minimum Gasteiger partial charge on any atom is -0.508 e. The molecule has 1 aliphatic heterocycles. The van der Waals surface area contributed by atoms with Crippen LogP contribution in [0.3, 0.4) is 0 Å². The van der Waals surface area contributed by atoms with Crippen molar-refractivity contribution < 1.29 is 58.9 Å². The van der Waals surface area contributed by atoms with Gasteiger partial charge < -0.3 is 49.3 Å². The number of phenols is 2. The van der Waals surface area contributed by atoms with Crippen LogP contribution in [0.15, 0.2) is 51.7 Å². The van der Waals surface area contributed by atoms with Crippen LogP contribution in [0.1, 0.15) is 6.42 Å². The Morgan fingerprint density at radius 3 is 2.32 bits per heavy atom. The largest absolute Gasteiger partial charge is 0.508 e. The van der Waals surface area contributed by atoms with Crippen molar-refractivity contribution in [2.45, 2.75) is 37.1 Å². The summed E-state index contributed by atoms with van der Waals surface area (Å²) in [4.78, 5) is 34.7. The molecule has 196 valence electrons. The van der Waals surface area contributed by atoms with Crippen LogP contribution in [0.2, 0.25) is 0 Å². The molecule has 4 rings (SSSR count). The second kappa shape index (κ2) is 10.4. The van der Waals surface area contributed by atoms with Crippen molar-refractivity contribution in [2.24, 2.45) is 0 Å². The van der Waals surface area contributed by atoms with Gasteiger partial charge in [0.2, 0.25) is 6.29 Å². The standard InChI is InChI=1S/C24H22O13/c25-11-3-1-10(2-4-11)15-7-14(27)20-13(26)5-12(6-16(20)36-15)35-24-23(33)22(32)21(31)17(37-24)9-34-19(30)8-18(28)29/h1-7,17,21-26,31-33H,8-9H2,(H,28,29)/t17-,21?,22+,23?,24-/m1/s1. The third-order valence-corrected chi connectivity index (χ3v) is 5.56. The lowest BCUT2D eigenvalue weighted by molar-refractivity contribution is -0.278. The molecule has 0 amide bonds. The number of aliphatic hydroxyl groups excluding tert-OH is 3. The average Bonchev–Trinajstić information content (AvgIpc) is 2.83. The molecule has 3 aromatic rings. The summed E-state index contributed by atoms with van der Waals surface area (Å²) in [6.07, 6.45) is -9.24. The first-order valence-corrected chi connectivity index (χ1v) is 10.9. The van der Waals surface area contributed by atoms with E-state index in [0.29, 0.717) is 5.56 Å². The molecule has 0 aliphatic carbocycles.